The van der Waals surface area contributed by atoms with E-state index in [0.29, 0.717) is 18.3 Å². The second-order valence-corrected chi connectivity index (χ2v) is 8.93. The van der Waals surface area contributed by atoms with E-state index < -0.39 is 0 Å². The van der Waals surface area contributed by atoms with Crippen molar-refractivity contribution < 1.29 is 14.4 Å². The number of ether oxygens (including phenoxy) is 1. The molecule has 1 unspecified atom stereocenters. The van der Waals surface area contributed by atoms with E-state index in [4.69, 9.17) is 9.57 Å². The summed E-state index contributed by atoms with van der Waals surface area (Å²) in [6, 6.07) is 0.421. The summed E-state index contributed by atoms with van der Waals surface area (Å²) in [5.74, 6) is 1.32. The summed E-state index contributed by atoms with van der Waals surface area (Å²) >= 11 is 0. The fourth-order valence-corrected chi connectivity index (χ4v) is 4.68. The van der Waals surface area contributed by atoms with Gasteiger partial charge in [-0.25, -0.2) is 15.3 Å². The Hall–Kier alpha value is -2.03. The van der Waals surface area contributed by atoms with E-state index in [1.807, 2.05) is 0 Å². The van der Waals surface area contributed by atoms with Crippen molar-refractivity contribution in [3.05, 3.63) is 24.2 Å². The van der Waals surface area contributed by atoms with Crippen LogP contribution in [0, 0.1) is 5.92 Å². The minimum atomic E-state index is -0.356. The number of likely N-dealkylation sites (tertiary alicyclic amines) is 1. The molecular weight excluding hydrogens is 394 g/mol. The molecule has 3 fully saturated rings. The van der Waals surface area contributed by atoms with Crippen molar-refractivity contribution >= 4 is 17.8 Å². The predicted octanol–water partition coefficient (Wildman–Crippen LogP) is 3.13. The van der Waals surface area contributed by atoms with Gasteiger partial charge in [0.2, 0.25) is 0 Å². The molecule has 31 heavy (non-hydrogen) atoms. The molecular formula is C23H35N5O3. The lowest BCUT2D eigenvalue weighted by Crippen LogP contribution is -2.32. The molecule has 0 aromatic carbocycles. The summed E-state index contributed by atoms with van der Waals surface area (Å²) in [5, 5.41) is 3.50. The smallest absolute Gasteiger partial charge is 0.267 e. The third-order valence-electron chi connectivity index (χ3n) is 6.37. The van der Waals surface area contributed by atoms with Crippen molar-refractivity contribution in [3.63, 3.8) is 0 Å². The Balaban J connectivity index is 1.17. The van der Waals surface area contributed by atoms with Gasteiger partial charge in [0.05, 0.1) is 18.1 Å². The number of anilines is 1. The average Bonchev–Trinajstić information content (AvgIpc) is 3.25. The Labute approximate surface area is 184 Å². The third-order valence-corrected chi connectivity index (χ3v) is 6.37. The molecule has 4 rings (SSSR count). The maximum absolute atomic E-state index is 11.9. The zero-order valence-corrected chi connectivity index (χ0v) is 18.3. The van der Waals surface area contributed by atoms with Gasteiger partial charge in [-0.2, -0.15) is 0 Å². The van der Waals surface area contributed by atoms with Gasteiger partial charge >= 0.3 is 0 Å². The monoisotopic (exact) mass is 429 g/mol. The first-order chi connectivity index (χ1) is 15.2. The van der Waals surface area contributed by atoms with Gasteiger partial charge in [0.1, 0.15) is 5.82 Å². The third kappa shape index (κ3) is 7.26. The molecule has 2 saturated heterocycles. The lowest BCUT2D eigenvalue weighted by Gasteiger charge is -2.26. The van der Waals surface area contributed by atoms with Crippen LogP contribution in [0.2, 0.25) is 0 Å². The number of nitrogens with one attached hydrogen (secondary N) is 2. The Bertz CT molecular complexity index is 714. The molecule has 0 spiro atoms. The van der Waals surface area contributed by atoms with Gasteiger partial charge in [0, 0.05) is 44.8 Å². The predicted molar refractivity (Wildman–Crippen MR) is 119 cm³/mol. The van der Waals surface area contributed by atoms with Crippen LogP contribution in [-0.2, 0) is 14.4 Å². The van der Waals surface area contributed by atoms with E-state index in [2.05, 4.69) is 25.7 Å². The minimum Gasteiger partial charge on any atom is -0.365 e. The molecule has 2 N–H and O–H groups in total. The van der Waals surface area contributed by atoms with Gasteiger partial charge < -0.3 is 15.0 Å². The van der Waals surface area contributed by atoms with Gasteiger partial charge in [-0.15, -0.1) is 0 Å². The van der Waals surface area contributed by atoms with Gasteiger partial charge in [0.25, 0.3) is 5.91 Å². The highest BCUT2D eigenvalue weighted by molar-refractivity contribution is 5.90. The van der Waals surface area contributed by atoms with Crippen LogP contribution in [0.4, 0.5) is 5.82 Å². The summed E-state index contributed by atoms with van der Waals surface area (Å²) in [5.41, 5.74) is 3.02. The highest BCUT2D eigenvalue weighted by Crippen LogP contribution is 2.26. The summed E-state index contributed by atoms with van der Waals surface area (Å²) in [4.78, 5) is 28.6. The molecule has 1 aromatic rings. The van der Waals surface area contributed by atoms with Crippen molar-refractivity contribution in [2.45, 2.75) is 70.1 Å². The molecule has 2 aliphatic heterocycles. The maximum Gasteiger partial charge on any atom is 0.267 e. The second-order valence-electron chi connectivity index (χ2n) is 8.93. The van der Waals surface area contributed by atoms with E-state index in [0.717, 1.165) is 50.5 Å². The number of hydrogen-bond donors (Lipinski definition) is 2. The van der Waals surface area contributed by atoms with E-state index in [9.17, 15) is 4.79 Å². The Kier molecular flexibility index (Phi) is 8.26. The molecule has 1 aliphatic carbocycles. The van der Waals surface area contributed by atoms with Crippen LogP contribution in [0.25, 0.3) is 6.08 Å². The zero-order valence-electron chi connectivity index (χ0n) is 18.3. The Morgan fingerprint density at radius 1 is 1.13 bits per heavy atom. The number of carbonyl (C=O) groups excluding carboxylic acids is 1. The lowest BCUT2D eigenvalue weighted by molar-refractivity contribution is -0.198. The van der Waals surface area contributed by atoms with E-state index in [1.54, 1.807) is 18.5 Å². The molecule has 0 radical (unpaired) electrons. The fraction of sp³-hybridized carbons (Fsp3) is 0.696. The average molecular weight is 430 g/mol. The molecule has 1 saturated carbocycles. The topological polar surface area (TPSA) is 88.6 Å². The lowest BCUT2D eigenvalue weighted by atomic mass is 9.89. The maximum atomic E-state index is 11.9. The number of hydrogen-bond acceptors (Lipinski definition) is 7. The fourth-order valence-electron chi connectivity index (χ4n) is 4.68. The summed E-state index contributed by atoms with van der Waals surface area (Å²) in [6.45, 7) is 4.15. The van der Waals surface area contributed by atoms with Crippen molar-refractivity contribution in [1.82, 2.24) is 20.3 Å². The van der Waals surface area contributed by atoms with E-state index >= 15 is 0 Å². The first kappa shape index (κ1) is 22.2. The molecule has 1 aromatic heterocycles. The molecule has 8 heteroatoms. The van der Waals surface area contributed by atoms with Crippen LogP contribution in [-0.4, -0.2) is 59.3 Å². The number of amides is 1. The van der Waals surface area contributed by atoms with Gasteiger partial charge in [-0.1, -0.05) is 19.3 Å². The first-order valence-corrected chi connectivity index (χ1v) is 11.8. The first-order valence-electron chi connectivity index (χ1n) is 11.8. The van der Waals surface area contributed by atoms with Gasteiger partial charge in [-0.05, 0) is 44.1 Å². The molecule has 3 heterocycles. The molecule has 170 valence electrons. The largest absolute Gasteiger partial charge is 0.365 e. The number of hydroxylamine groups is 1. The normalized spacial score (nSPS) is 25.7. The highest BCUT2D eigenvalue weighted by atomic mass is 16.8. The SMILES string of the molecule is O=C(/C=C/c1cnc(N[C@@H]2CCN(CC3CCCCC3)C2)cn1)NOC1CCCCO1. The Morgan fingerprint density at radius 2 is 2.00 bits per heavy atom. The van der Waals surface area contributed by atoms with Crippen molar-refractivity contribution in [2.24, 2.45) is 5.92 Å². The number of carbonyl (C=O) groups is 1. The molecule has 8 nitrogen and oxygen atoms in total. The van der Waals surface area contributed by atoms with Crippen LogP contribution >= 0.6 is 0 Å². The molecule has 1 amide bonds. The standard InChI is InChI=1S/C23H35N5O3/c29-22(27-31-23-8-4-5-13-30-23)10-9-19-14-25-21(15-24-19)26-20-11-12-28(17-20)16-18-6-2-1-3-7-18/h9-10,14-15,18,20,23H,1-8,11-13,16-17H2,(H,25,26)(H,27,29)/b10-9+/t20-,23?/m1/s1. The molecule has 3 aliphatic rings. The van der Waals surface area contributed by atoms with E-state index in [1.165, 1.54) is 44.7 Å². The quantitative estimate of drug-likeness (QED) is 0.485. The van der Waals surface area contributed by atoms with Crippen molar-refractivity contribution in [1.29, 1.82) is 0 Å². The molecule has 0 bridgehead atoms. The van der Waals surface area contributed by atoms with Gasteiger partial charge in [-0.3, -0.25) is 9.78 Å². The minimum absolute atomic E-state index is 0.345. The van der Waals surface area contributed by atoms with Crippen molar-refractivity contribution in [3.8, 4) is 0 Å². The summed E-state index contributed by atoms with van der Waals surface area (Å²) in [7, 11) is 0. The van der Waals surface area contributed by atoms with Crippen LogP contribution < -0.4 is 10.8 Å². The van der Waals surface area contributed by atoms with Crippen LogP contribution in [0.5, 0.6) is 0 Å². The van der Waals surface area contributed by atoms with Crippen LogP contribution in [0.3, 0.4) is 0 Å². The highest BCUT2D eigenvalue weighted by Gasteiger charge is 2.25. The van der Waals surface area contributed by atoms with E-state index in [-0.39, 0.29) is 12.2 Å². The van der Waals surface area contributed by atoms with Crippen molar-refractivity contribution in [2.75, 3.05) is 31.6 Å². The zero-order chi connectivity index (χ0) is 21.3. The van der Waals surface area contributed by atoms with Crippen LogP contribution in [0.15, 0.2) is 18.5 Å². The summed E-state index contributed by atoms with van der Waals surface area (Å²) in [6.07, 6.45) is 17.1. The number of rotatable bonds is 8. The Morgan fingerprint density at radius 3 is 2.77 bits per heavy atom. The number of nitrogens with zero attached hydrogens (tertiary/aromatic N) is 3. The van der Waals surface area contributed by atoms with Gasteiger partial charge in [0.15, 0.2) is 6.29 Å². The summed E-state index contributed by atoms with van der Waals surface area (Å²) < 4.78 is 5.41. The number of aromatic nitrogens is 2. The second kappa shape index (κ2) is 11.5. The molecule has 2 atom stereocenters. The van der Waals surface area contributed by atoms with Crippen LogP contribution in [0.1, 0.15) is 63.5 Å².